The van der Waals surface area contributed by atoms with E-state index in [1.807, 2.05) is 49.7 Å². The lowest BCUT2D eigenvalue weighted by Gasteiger charge is -2.40. The van der Waals surface area contributed by atoms with E-state index in [0.29, 0.717) is 50.7 Å². The number of nitrogens with one attached hydrogen (secondary N) is 1. The van der Waals surface area contributed by atoms with E-state index in [1.54, 1.807) is 8.61 Å². The average Bonchev–Trinajstić information content (AvgIpc) is 3.08. The summed E-state index contributed by atoms with van der Waals surface area (Å²) in [6, 6.07) is 8.12. The van der Waals surface area contributed by atoms with Gasteiger partial charge in [-0.3, -0.25) is 10.00 Å². The molecule has 0 amide bonds. The summed E-state index contributed by atoms with van der Waals surface area (Å²) in [6.45, 7) is 9.40. The van der Waals surface area contributed by atoms with Crippen LogP contribution in [0.25, 0.3) is 11.4 Å². The highest BCUT2D eigenvalue weighted by molar-refractivity contribution is 7.86. The SMILES string of the molecule is Cc1ccc(-c2nc(=S)n(CN3CCN(S(=O)(=O)N4C[C@@H](C)O[C@H](C)C4)CC3)[nH]2)cc1. The quantitative estimate of drug-likeness (QED) is 0.677. The first kappa shape index (κ1) is 22.6. The zero-order valence-electron chi connectivity index (χ0n) is 18.2. The number of piperazine rings is 1. The molecule has 2 saturated heterocycles. The molecule has 0 bridgehead atoms. The van der Waals surface area contributed by atoms with Crippen LogP contribution in [-0.2, 0) is 21.6 Å². The third-order valence-electron chi connectivity index (χ3n) is 5.72. The standard InChI is InChI=1S/C20H30N6O3S2/c1-15-4-6-18(7-5-15)19-21-20(30)26(22-19)14-23-8-10-24(11-9-23)31(27,28)25-12-16(2)29-17(3)13-25/h4-7,16-17H,8-14H2,1-3H3,(H,21,22,30)/t16-,17-/m1/s1. The fourth-order valence-corrected chi connectivity index (χ4v) is 6.02. The lowest BCUT2D eigenvalue weighted by Crippen LogP contribution is -2.57. The number of benzene rings is 1. The van der Waals surface area contributed by atoms with Gasteiger partial charge in [0.15, 0.2) is 5.82 Å². The van der Waals surface area contributed by atoms with Crippen LogP contribution in [0.5, 0.6) is 0 Å². The van der Waals surface area contributed by atoms with Crippen molar-refractivity contribution in [2.24, 2.45) is 0 Å². The molecule has 2 atom stereocenters. The van der Waals surface area contributed by atoms with E-state index >= 15 is 0 Å². The van der Waals surface area contributed by atoms with E-state index < -0.39 is 10.2 Å². The van der Waals surface area contributed by atoms with Crippen LogP contribution in [-0.4, -0.2) is 88.2 Å². The van der Waals surface area contributed by atoms with E-state index in [4.69, 9.17) is 17.0 Å². The molecule has 31 heavy (non-hydrogen) atoms. The highest BCUT2D eigenvalue weighted by Gasteiger charge is 2.36. The van der Waals surface area contributed by atoms with Gasteiger partial charge < -0.3 is 4.74 Å². The van der Waals surface area contributed by atoms with Gasteiger partial charge in [-0.05, 0) is 33.0 Å². The van der Waals surface area contributed by atoms with Gasteiger partial charge in [0.25, 0.3) is 10.2 Å². The Kier molecular flexibility index (Phi) is 6.61. The van der Waals surface area contributed by atoms with Crippen molar-refractivity contribution in [1.82, 2.24) is 28.3 Å². The zero-order chi connectivity index (χ0) is 22.2. The number of ether oxygens (including phenoxy) is 1. The number of H-pyrrole nitrogens is 1. The minimum atomic E-state index is -3.48. The van der Waals surface area contributed by atoms with E-state index in [2.05, 4.69) is 15.0 Å². The van der Waals surface area contributed by atoms with Crippen LogP contribution >= 0.6 is 12.2 Å². The van der Waals surface area contributed by atoms with Crippen LogP contribution in [0, 0.1) is 11.7 Å². The largest absolute Gasteiger partial charge is 0.373 e. The van der Waals surface area contributed by atoms with Crippen molar-refractivity contribution in [2.75, 3.05) is 39.3 Å². The Morgan fingerprint density at radius 3 is 2.29 bits per heavy atom. The molecule has 4 rings (SSSR count). The lowest BCUT2D eigenvalue weighted by atomic mass is 10.1. The molecule has 0 spiro atoms. The highest BCUT2D eigenvalue weighted by Crippen LogP contribution is 2.20. The molecule has 1 N–H and O–H groups in total. The molecule has 2 fully saturated rings. The molecule has 0 saturated carbocycles. The number of aromatic amines is 1. The predicted octanol–water partition coefficient (Wildman–Crippen LogP) is 1.85. The van der Waals surface area contributed by atoms with E-state index in [9.17, 15) is 8.42 Å². The predicted molar refractivity (Wildman–Crippen MR) is 121 cm³/mol. The Labute approximate surface area is 188 Å². The summed E-state index contributed by atoms with van der Waals surface area (Å²) in [6.07, 6.45) is -0.186. The van der Waals surface area contributed by atoms with Crippen LogP contribution in [0.2, 0.25) is 0 Å². The molecule has 2 aromatic rings. The van der Waals surface area contributed by atoms with Crippen LogP contribution < -0.4 is 0 Å². The molecule has 1 aromatic heterocycles. The van der Waals surface area contributed by atoms with Crippen molar-refractivity contribution >= 4 is 22.4 Å². The maximum atomic E-state index is 13.1. The Morgan fingerprint density at radius 1 is 1.06 bits per heavy atom. The summed E-state index contributed by atoms with van der Waals surface area (Å²) < 4.78 is 37.3. The van der Waals surface area contributed by atoms with Gasteiger partial charge in [-0.2, -0.15) is 22.0 Å². The second kappa shape index (κ2) is 9.08. The normalized spacial score (nSPS) is 24.5. The van der Waals surface area contributed by atoms with Gasteiger partial charge in [-0.1, -0.05) is 29.8 Å². The first-order valence-electron chi connectivity index (χ1n) is 10.6. The van der Waals surface area contributed by atoms with Crippen molar-refractivity contribution in [3.8, 4) is 11.4 Å². The van der Waals surface area contributed by atoms with Gasteiger partial charge in [-0.25, -0.2) is 4.68 Å². The van der Waals surface area contributed by atoms with Crippen LogP contribution in [0.15, 0.2) is 24.3 Å². The molecule has 1 aromatic carbocycles. The average molecular weight is 467 g/mol. The first-order valence-corrected chi connectivity index (χ1v) is 12.4. The first-order chi connectivity index (χ1) is 14.7. The smallest absolute Gasteiger partial charge is 0.282 e. The fourth-order valence-electron chi connectivity index (χ4n) is 4.08. The van der Waals surface area contributed by atoms with Gasteiger partial charge in [0, 0.05) is 44.8 Å². The maximum Gasteiger partial charge on any atom is 0.282 e. The zero-order valence-corrected chi connectivity index (χ0v) is 19.8. The van der Waals surface area contributed by atoms with Gasteiger partial charge in [0.2, 0.25) is 4.77 Å². The number of hydrogen-bond acceptors (Lipinski definition) is 6. The second-order valence-electron chi connectivity index (χ2n) is 8.39. The van der Waals surface area contributed by atoms with Crippen molar-refractivity contribution < 1.29 is 13.2 Å². The molecule has 0 aliphatic carbocycles. The topological polar surface area (TPSA) is 86.7 Å². The number of hydrogen-bond donors (Lipinski definition) is 1. The molecule has 3 heterocycles. The fraction of sp³-hybridized carbons (Fsp3) is 0.600. The van der Waals surface area contributed by atoms with Crippen LogP contribution in [0.4, 0.5) is 0 Å². The molecule has 170 valence electrons. The summed E-state index contributed by atoms with van der Waals surface area (Å²) in [5.74, 6) is 0.738. The summed E-state index contributed by atoms with van der Waals surface area (Å²) in [5, 5.41) is 3.27. The molecule has 0 unspecified atom stereocenters. The van der Waals surface area contributed by atoms with Crippen molar-refractivity contribution in [3.63, 3.8) is 0 Å². The van der Waals surface area contributed by atoms with Gasteiger partial charge in [0.1, 0.15) is 0 Å². The second-order valence-corrected chi connectivity index (χ2v) is 10.7. The van der Waals surface area contributed by atoms with Crippen LogP contribution in [0.1, 0.15) is 19.4 Å². The number of aromatic nitrogens is 3. The van der Waals surface area contributed by atoms with Crippen molar-refractivity contribution in [3.05, 3.63) is 34.6 Å². The third kappa shape index (κ3) is 5.07. The van der Waals surface area contributed by atoms with Crippen LogP contribution in [0.3, 0.4) is 0 Å². The number of nitrogens with zero attached hydrogens (tertiary/aromatic N) is 5. The number of rotatable bonds is 5. The Bertz CT molecular complexity index is 1050. The van der Waals surface area contributed by atoms with E-state index in [0.717, 1.165) is 11.4 Å². The summed E-state index contributed by atoms with van der Waals surface area (Å²) in [5.41, 5.74) is 2.18. The molecule has 2 aliphatic heterocycles. The molecule has 0 radical (unpaired) electrons. The molecule has 9 nitrogen and oxygen atoms in total. The van der Waals surface area contributed by atoms with Crippen molar-refractivity contribution in [1.29, 1.82) is 0 Å². The minimum Gasteiger partial charge on any atom is -0.373 e. The van der Waals surface area contributed by atoms with Crippen molar-refractivity contribution in [2.45, 2.75) is 39.6 Å². The third-order valence-corrected chi connectivity index (χ3v) is 8.00. The number of morpholine rings is 1. The Hall–Kier alpha value is -1.63. The molecular weight excluding hydrogens is 436 g/mol. The lowest BCUT2D eigenvalue weighted by molar-refractivity contribution is -0.0458. The van der Waals surface area contributed by atoms with E-state index in [-0.39, 0.29) is 12.2 Å². The Balaban J connectivity index is 1.37. The molecular formula is C20H30N6O3S2. The molecule has 2 aliphatic rings. The summed E-state index contributed by atoms with van der Waals surface area (Å²) in [4.78, 5) is 6.66. The molecule has 11 heteroatoms. The highest BCUT2D eigenvalue weighted by atomic mass is 32.2. The summed E-state index contributed by atoms with van der Waals surface area (Å²) in [7, 11) is -3.48. The summed E-state index contributed by atoms with van der Waals surface area (Å²) >= 11 is 5.43. The number of aryl methyl sites for hydroxylation is 1. The van der Waals surface area contributed by atoms with Gasteiger partial charge in [0.05, 0.1) is 18.9 Å². The minimum absolute atomic E-state index is 0.0928. The monoisotopic (exact) mass is 466 g/mol. The van der Waals surface area contributed by atoms with Gasteiger partial charge in [-0.15, -0.1) is 0 Å². The maximum absolute atomic E-state index is 13.1. The Morgan fingerprint density at radius 2 is 1.68 bits per heavy atom. The van der Waals surface area contributed by atoms with Gasteiger partial charge >= 0.3 is 0 Å². The van der Waals surface area contributed by atoms with E-state index in [1.165, 1.54) is 5.56 Å².